The topological polar surface area (TPSA) is 66.9 Å². The fraction of sp³-hybridized carbons (Fsp3) is 0.588. The zero-order chi connectivity index (χ0) is 18.8. The number of sulfonamides is 1. The van der Waals surface area contributed by atoms with E-state index < -0.39 is 10.0 Å². The summed E-state index contributed by atoms with van der Waals surface area (Å²) >= 11 is 6.20. The molecule has 140 valence electrons. The fourth-order valence-electron chi connectivity index (χ4n) is 2.97. The van der Waals surface area contributed by atoms with Crippen LogP contribution in [0.2, 0.25) is 5.02 Å². The minimum atomic E-state index is -3.68. The van der Waals surface area contributed by atoms with Crippen LogP contribution in [0.5, 0.6) is 0 Å². The van der Waals surface area contributed by atoms with Crippen LogP contribution in [-0.4, -0.2) is 61.9 Å². The van der Waals surface area contributed by atoms with Crippen molar-refractivity contribution >= 4 is 27.5 Å². The molecule has 1 aliphatic heterocycles. The Morgan fingerprint density at radius 1 is 1.16 bits per heavy atom. The molecule has 0 bridgehead atoms. The monoisotopic (exact) mass is 388 g/mol. The van der Waals surface area contributed by atoms with Crippen LogP contribution in [0.15, 0.2) is 23.1 Å². The molecule has 8 heteroatoms. The summed E-state index contributed by atoms with van der Waals surface area (Å²) in [6.07, 6.45) is 0. The van der Waals surface area contributed by atoms with Crippen molar-refractivity contribution < 1.29 is 17.9 Å². The van der Waals surface area contributed by atoms with Crippen molar-refractivity contribution in [2.24, 2.45) is 0 Å². The number of hydrogen-bond acceptors (Lipinski definition) is 4. The van der Waals surface area contributed by atoms with Gasteiger partial charge in [0.1, 0.15) is 0 Å². The highest BCUT2D eigenvalue weighted by Crippen LogP contribution is 2.26. The van der Waals surface area contributed by atoms with Gasteiger partial charge in [0.2, 0.25) is 10.0 Å². The smallest absolute Gasteiger partial charge is 0.255 e. The maximum atomic E-state index is 12.9. The van der Waals surface area contributed by atoms with Gasteiger partial charge >= 0.3 is 0 Å². The van der Waals surface area contributed by atoms with E-state index in [4.69, 9.17) is 16.3 Å². The predicted octanol–water partition coefficient (Wildman–Crippen LogP) is 2.62. The number of amides is 1. The van der Waals surface area contributed by atoms with Crippen LogP contribution < -0.4 is 0 Å². The van der Waals surface area contributed by atoms with Crippen molar-refractivity contribution in [3.63, 3.8) is 0 Å². The fourth-order valence-corrected chi connectivity index (χ4v) is 4.60. The van der Waals surface area contributed by atoms with E-state index >= 15 is 0 Å². The van der Waals surface area contributed by atoms with Gasteiger partial charge in [-0.25, -0.2) is 8.42 Å². The lowest BCUT2D eigenvalue weighted by Crippen LogP contribution is -2.42. The highest BCUT2D eigenvalue weighted by Gasteiger charge is 2.29. The standard InChI is InChI=1S/C17H25ClN2O4S/c1-12(2)20(13(3)4)17(21)15-11-14(5-6-16(15)18)25(22,23)19-7-9-24-10-8-19/h5-6,11-13H,7-10H2,1-4H3. The summed E-state index contributed by atoms with van der Waals surface area (Å²) in [5.74, 6) is -0.269. The van der Waals surface area contributed by atoms with E-state index in [1.165, 1.54) is 22.5 Å². The first-order valence-corrected chi connectivity index (χ1v) is 10.2. The van der Waals surface area contributed by atoms with Gasteiger partial charge < -0.3 is 9.64 Å². The molecule has 1 aromatic carbocycles. The molecule has 0 atom stereocenters. The first kappa shape index (κ1) is 20.2. The number of ether oxygens (including phenoxy) is 1. The number of morpholine rings is 1. The van der Waals surface area contributed by atoms with Gasteiger partial charge in [-0.3, -0.25) is 4.79 Å². The van der Waals surface area contributed by atoms with Gasteiger partial charge in [-0.2, -0.15) is 4.31 Å². The highest BCUT2D eigenvalue weighted by atomic mass is 35.5. The summed E-state index contributed by atoms with van der Waals surface area (Å²) in [7, 11) is -3.68. The first-order chi connectivity index (χ1) is 11.7. The number of rotatable bonds is 5. The van der Waals surface area contributed by atoms with Crippen molar-refractivity contribution in [3.05, 3.63) is 28.8 Å². The van der Waals surface area contributed by atoms with Gasteiger partial charge in [0.25, 0.3) is 5.91 Å². The molecule has 0 spiro atoms. The Morgan fingerprint density at radius 3 is 2.24 bits per heavy atom. The molecule has 0 aromatic heterocycles. The zero-order valence-electron chi connectivity index (χ0n) is 15.0. The summed E-state index contributed by atoms with van der Waals surface area (Å²) in [5, 5.41) is 0.247. The second-order valence-electron chi connectivity index (χ2n) is 6.56. The Morgan fingerprint density at radius 2 is 1.72 bits per heavy atom. The van der Waals surface area contributed by atoms with Gasteiger partial charge in [0, 0.05) is 25.2 Å². The second-order valence-corrected chi connectivity index (χ2v) is 8.90. The number of halogens is 1. The third kappa shape index (κ3) is 4.34. The van der Waals surface area contributed by atoms with E-state index in [9.17, 15) is 13.2 Å². The molecule has 1 fully saturated rings. The average molecular weight is 389 g/mol. The molecule has 2 rings (SSSR count). The minimum Gasteiger partial charge on any atom is -0.379 e. The molecule has 0 N–H and O–H groups in total. The Kier molecular flexibility index (Phi) is 6.48. The molecule has 1 heterocycles. The van der Waals surface area contributed by atoms with Crippen LogP contribution in [-0.2, 0) is 14.8 Å². The van der Waals surface area contributed by atoms with Crippen LogP contribution in [0.4, 0.5) is 0 Å². The van der Waals surface area contributed by atoms with E-state index in [0.29, 0.717) is 26.3 Å². The van der Waals surface area contributed by atoms with Crippen LogP contribution >= 0.6 is 11.6 Å². The second kappa shape index (κ2) is 8.03. The van der Waals surface area contributed by atoms with Gasteiger partial charge in [-0.15, -0.1) is 0 Å². The molecule has 1 aliphatic rings. The SMILES string of the molecule is CC(C)N(C(=O)c1cc(S(=O)(=O)N2CCOCC2)ccc1Cl)C(C)C. The number of nitrogens with zero attached hydrogens (tertiary/aromatic N) is 2. The molecular formula is C17H25ClN2O4S. The summed E-state index contributed by atoms with van der Waals surface area (Å²) in [6.45, 7) is 9.01. The Hall–Kier alpha value is -1.15. The lowest BCUT2D eigenvalue weighted by Gasteiger charge is -2.31. The molecule has 6 nitrogen and oxygen atoms in total. The van der Waals surface area contributed by atoms with Crippen molar-refractivity contribution in [2.75, 3.05) is 26.3 Å². The van der Waals surface area contributed by atoms with Gasteiger partial charge in [-0.1, -0.05) is 11.6 Å². The highest BCUT2D eigenvalue weighted by molar-refractivity contribution is 7.89. The van der Waals surface area contributed by atoms with E-state index in [1.807, 2.05) is 27.7 Å². The molecule has 0 saturated carbocycles. The third-order valence-corrected chi connectivity index (χ3v) is 6.35. The number of benzene rings is 1. The number of carbonyl (C=O) groups excluding carboxylic acids is 1. The van der Waals surface area contributed by atoms with E-state index in [2.05, 4.69) is 0 Å². The van der Waals surface area contributed by atoms with Crippen LogP contribution in [0.1, 0.15) is 38.1 Å². The molecule has 25 heavy (non-hydrogen) atoms. The number of hydrogen-bond donors (Lipinski definition) is 0. The third-order valence-electron chi connectivity index (χ3n) is 4.12. The Balaban J connectivity index is 2.42. The zero-order valence-corrected chi connectivity index (χ0v) is 16.6. The molecule has 0 radical (unpaired) electrons. The van der Waals surface area contributed by atoms with Crippen LogP contribution in [0.25, 0.3) is 0 Å². The van der Waals surface area contributed by atoms with Crippen molar-refractivity contribution in [1.29, 1.82) is 0 Å². The Labute approximate surface area is 154 Å². The molecule has 1 amide bonds. The quantitative estimate of drug-likeness (QED) is 0.777. The molecule has 0 unspecified atom stereocenters. The average Bonchev–Trinajstić information content (AvgIpc) is 2.55. The molecule has 1 saturated heterocycles. The maximum absolute atomic E-state index is 12.9. The lowest BCUT2D eigenvalue weighted by atomic mass is 10.1. The predicted molar refractivity (Wildman–Crippen MR) is 97.5 cm³/mol. The van der Waals surface area contributed by atoms with Crippen molar-refractivity contribution in [1.82, 2.24) is 9.21 Å². The summed E-state index contributed by atoms with van der Waals surface area (Å²) in [6, 6.07) is 4.25. The molecule has 1 aromatic rings. The Bertz CT molecular complexity index is 720. The number of carbonyl (C=O) groups is 1. The van der Waals surface area contributed by atoms with Crippen molar-refractivity contribution in [2.45, 2.75) is 44.7 Å². The first-order valence-electron chi connectivity index (χ1n) is 8.36. The minimum absolute atomic E-state index is 0.0249. The van der Waals surface area contributed by atoms with Gasteiger partial charge in [-0.05, 0) is 45.9 Å². The van der Waals surface area contributed by atoms with Crippen molar-refractivity contribution in [3.8, 4) is 0 Å². The summed E-state index contributed by atoms with van der Waals surface area (Å²) in [5.41, 5.74) is 0.207. The maximum Gasteiger partial charge on any atom is 0.255 e. The van der Waals surface area contributed by atoms with Crippen LogP contribution in [0, 0.1) is 0 Å². The lowest BCUT2D eigenvalue weighted by molar-refractivity contribution is 0.0643. The molecule has 0 aliphatic carbocycles. The largest absolute Gasteiger partial charge is 0.379 e. The van der Waals surface area contributed by atoms with Gasteiger partial charge in [0.05, 0.1) is 28.7 Å². The van der Waals surface area contributed by atoms with Crippen LogP contribution in [0.3, 0.4) is 0 Å². The van der Waals surface area contributed by atoms with E-state index in [-0.39, 0.29) is 33.5 Å². The van der Waals surface area contributed by atoms with E-state index in [0.717, 1.165) is 0 Å². The van der Waals surface area contributed by atoms with E-state index in [1.54, 1.807) is 4.90 Å². The summed E-state index contributed by atoms with van der Waals surface area (Å²) in [4.78, 5) is 14.7. The van der Waals surface area contributed by atoms with Gasteiger partial charge in [0.15, 0.2) is 0 Å². The normalized spacial score (nSPS) is 16.4. The summed E-state index contributed by atoms with van der Waals surface area (Å²) < 4.78 is 32.2. The molecular weight excluding hydrogens is 364 g/mol.